The first kappa shape index (κ1) is 15.7. The lowest BCUT2D eigenvalue weighted by Gasteiger charge is -2.03. The highest BCUT2D eigenvalue weighted by Crippen LogP contribution is 2.16. The van der Waals surface area contributed by atoms with E-state index in [9.17, 15) is 4.79 Å². The van der Waals surface area contributed by atoms with Gasteiger partial charge in [0.1, 0.15) is 6.61 Å². The predicted molar refractivity (Wildman–Crippen MR) is 92.5 cm³/mol. The zero-order valence-corrected chi connectivity index (χ0v) is 13.1. The Morgan fingerprint density at radius 1 is 0.875 bits per heavy atom. The Morgan fingerprint density at radius 3 is 2.33 bits per heavy atom. The first-order chi connectivity index (χ1) is 11.8. The van der Waals surface area contributed by atoms with E-state index in [1.807, 2.05) is 72.8 Å². The Bertz CT molecular complexity index is 913. The van der Waals surface area contributed by atoms with Crippen LogP contribution in [0.25, 0.3) is 16.3 Å². The van der Waals surface area contributed by atoms with Crippen molar-refractivity contribution in [3.8, 4) is 0 Å². The second kappa shape index (κ2) is 7.36. The van der Waals surface area contributed by atoms with Crippen molar-refractivity contribution in [2.24, 2.45) is 0 Å². The molecule has 0 radical (unpaired) electrons. The molecular formula is C20H16N2O2. The van der Waals surface area contributed by atoms with Gasteiger partial charge in [-0.15, -0.1) is 0 Å². The monoisotopic (exact) mass is 316 g/mol. The summed E-state index contributed by atoms with van der Waals surface area (Å²) >= 11 is 0. The van der Waals surface area contributed by atoms with E-state index in [4.69, 9.17) is 10.3 Å². The van der Waals surface area contributed by atoms with E-state index in [-0.39, 0.29) is 18.7 Å². The molecule has 0 aliphatic heterocycles. The average molecular weight is 316 g/mol. The lowest BCUT2D eigenvalue weighted by Crippen LogP contribution is -2.21. The van der Waals surface area contributed by atoms with E-state index in [1.54, 1.807) is 0 Å². The second-order valence-electron chi connectivity index (χ2n) is 5.47. The number of esters is 1. The number of fused-ring (bicyclic) bond motifs is 1. The van der Waals surface area contributed by atoms with Gasteiger partial charge in [0, 0.05) is 0 Å². The van der Waals surface area contributed by atoms with Gasteiger partial charge >= 0.3 is 11.7 Å². The van der Waals surface area contributed by atoms with Crippen LogP contribution >= 0.6 is 0 Å². The third kappa shape index (κ3) is 3.75. The number of benzene rings is 3. The van der Waals surface area contributed by atoms with Gasteiger partial charge in [-0.25, -0.2) is 4.79 Å². The summed E-state index contributed by atoms with van der Waals surface area (Å²) < 4.78 is 5.21. The molecule has 0 atom stereocenters. The zero-order chi connectivity index (χ0) is 16.8. The normalized spacial score (nSPS) is 10.2. The summed E-state index contributed by atoms with van der Waals surface area (Å²) in [6.45, 7) is 0.149. The molecule has 3 rings (SSSR count). The van der Waals surface area contributed by atoms with Crippen molar-refractivity contribution in [3.05, 3.63) is 89.5 Å². The molecule has 0 fully saturated rings. The number of carbonyl (C=O) groups excluding carboxylic acids is 1. The molecule has 0 saturated carbocycles. The molecule has 0 aliphatic rings. The van der Waals surface area contributed by atoms with Gasteiger partial charge in [0.2, 0.25) is 0 Å². The van der Waals surface area contributed by atoms with Crippen LogP contribution in [0.4, 0.5) is 0 Å². The highest BCUT2D eigenvalue weighted by atomic mass is 16.5. The third-order valence-electron chi connectivity index (χ3n) is 3.75. The van der Waals surface area contributed by atoms with E-state index in [1.165, 1.54) is 0 Å². The minimum absolute atomic E-state index is 0.0128. The van der Waals surface area contributed by atoms with Crippen LogP contribution in [0, 0.1) is 0 Å². The Kier molecular flexibility index (Phi) is 4.80. The van der Waals surface area contributed by atoms with Crippen LogP contribution in [0.3, 0.4) is 0 Å². The van der Waals surface area contributed by atoms with Crippen LogP contribution in [0.5, 0.6) is 0 Å². The van der Waals surface area contributed by atoms with Gasteiger partial charge in [-0.2, -0.15) is 4.79 Å². The van der Waals surface area contributed by atoms with Gasteiger partial charge in [-0.3, -0.25) is 0 Å². The lowest BCUT2D eigenvalue weighted by molar-refractivity contribution is -0.141. The maximum atomic E-state index is 12.1. The Morgan fingerprint density at radius 2 is 1.58 bits per heavy atom. The van der Waals surface area contributed by atoms with E-state index in [2.05, 4.69) is 4.79 Å². The van der Waals surface area contributed by atoms with Crippen molar-refractivity contribution >= 4 is 22.5 Å². The first-order valence-corrected chi connectivity index (χ1v) is 7.66. The molecule has 0 spiro atoms. The molecule has 3 aromatic rings. The predicted octanol–water partition coefficient (Wildman–Crippen LogP) is 3.80. The smallest absolute Gasteiger partial charge is 0.417 e. The number of hydrogen-bond acceptors (Lipinski definition) is 2. The molecule has 0 saturated heterocycles. The summed E-state index contributed by atoms with van der Waals surface area (Å²) in [4.78, 5) is 15.2. The molecule has 4 nitrogen and oxygen atoms in total. The maximum Gasteiger partial charge on any atom is 0.417 e. The molecule has 0 bridgehead atoms. The lowest BCUT2D eigenvalue weighted by atomic mass is 10.0. The molecule has 118 valence electrons. The summed E-state index contributed by atoms with van der Waals surface area (Å²) in [7, 11) is 0. The van der Waals surface area contributed by atoms with Gasteiger partial charge in [0.05, 0.1) is 6.42 Å². The SMILES string of the molecule is [N-]=[N+]=C(Cc1ccc2ccccc2c1)C(=O)OCc1ccccc1. The van der Waals surface area contributed by atoms with E-state index < -0.39 is 5.97 Å². The zero-order valence-electron chi connectivity index (χ0n) is 13.1. The Labute approximate surface area is 139 Å². The van der Waals surface area contributed by atoms with Gasteiger partial charge in [0.25, 0.3) is 0 Å². The van der Waals surface area contributed by atoms with Crippen LogP contribution in [0.2, 0.25) is 0 Å². The van der Waals surface area contributed by atoms with Crippen LogP contribution in [0.15, 0.2) is 72.8 Å². The third-order valence-corrected chi connectivity index (χ3v) is 3.75. The topological polar surface area (TPSA) is 62.7 Å². The van der Waals surface area contributed by atoms with Gasteiger partial charge in [-0.1, -0.05) is 72.8 Å². The molecule has 0 amide bonds. The van der Waals surface area contributed by atoms with Crippen molar-refractivity contribution in [2.75, 3.05) is 0 Å². The fourth-order valence-corrected chi connectivity index (χ4v) is 2.50. The molecule has 0 aromatic heterocycles. The summed E-state index contributed by atoms with van der Waals surface area (Å²) in [5.74, 6) is -0.616. The van der Waals surface area contributed by atoms with Crippen LogP contribution in [-0.4, -0.2) is 16.5 Å². The number of hydrogen-bond donors (Lipinski definition) is 0. The summed E-state index contributed by atoms with van der Waals surface area (Å²) in [6.07, 6.45) is 0.217. The molecular weight excluding hydrogens is 300 g/mol. The van der Waals surface area contributed by atoms with E-state index in [0.29, 0.717) is 0 Å². The van der Waals surface area contributed by atoms with Gasteiger partial charge in [-0.05, 0) is 21.9 Å². The van der Waals surface area contributed by atoms with Crippen molar-refractivity contribution in [3.63, 3.8) is 0 Å². The summed E-state index contributed by atoms with van der Waals surface area (Å²) in [5.41, 5.74) is 10.9. The first-order valence-electron chi connectivity index (χ1n) is 7.66. The standard InChI is InChI=1S/C20H16N2O2/c21-22-19(20(23)24-14-15-6-2-1-3-7-15)13-16-10-11-17-8-4-5-9-18(17)12-16/h1-12H,13-14H2. The molecule has 0 aliphatic carbocycles. The number of nitrogens with zero attached hydrogens (tertiary/aromatic N) is 2. The molecule has 0 unspecified atom stereocenters. The van der Waals surface area contributed by atoms with Crippen LogP contribution in [0.1, 0.15) is 11.1 Å². The highest BCUT2D eigenvalue weighted by molar-refractivity contribution is 6.34. The molecule has 0 heterocycles. The second-order valence-corrected chi connectivity index (χ2v) is 5.47. The largest absolute Gasteiger partial charge is 0.452 e. The van der Waals surface area contributed by atoms with Crippen molar-refractivity contribution in [2.45, 2.75) is 13.0 Å². The summed E-state index contributed by atoms with van der Waals surface area (Å²) in [6, 6.07) is 23.2. The van der Waals surface area contributed by atoms with Crippen molar-refractivity contribution in [1.82, 2.24) is 0 Å². The van der Waals surface area contributed by atoms with Crippen molar-refractivity contribution < 1.29 is 14.3 Å². The molecule has 4 heteroatoms. The Balaban J connectivity index is 1.69. The Hall–Kier alpha value is -3.23. The minimum atomic E-state index is -0.616. The van der Waals surface area contributed by atoms with Crippen molar-refractivity contribution in [1.29, 1.82) is 0 Å². The quantitative estimate of drug-likeness (QED) is 0.311. The molecule has 24 heavy (non-hydrogen) atoms. The maximum absolute atomic E-state index is 12.1. The van der Waals surface area contributed by atoms with E-state index in [0.717, 1.165) is 21.9 Å². The fraction of sp³-hybridized carbons (Fsp3) is 0.100. The van der Waals surface area contributed by atoms with Crippen LogP contribution < -0.4 is 0 Å². The molecule has 3 aromatic carbocycles. The summed E-state index contributed by atoms with van der Waals surface area (Å²) in [5, 5.41) is 2.19. The average Bonchev–Trinajstić information content (AvgIpc) is 2.65. The number of rotatable bonds is 5. The van der Waals surface area contributed by atoms with Gasteiger partial charge < -0.3 is 10.3 Å². The minimum Gasteiger partial charge on any atom is -0.452 e. The highest BCUT2D eigenvalue weighted by Gasteiger charge is 2.22. The number of ether oxygens (including phenoxy) is 1. The van der Waals surface area contributed by atoms with E-state index >= 15 is 0 Å². The van der Waals surface area contributed by atoms with Crippen LogP contribution in [-0.2, 0) is 22.6 Å². The fourth-order valence-electron chi connectivity index (χ4n) is 2.50. The number of carbonyl (C=O) groups is 1. The molecule has 0 N–H and O–H groups in total. The van der Waals surface area contributed by atoms with Gasteiger partial charge in [0.15, 0.2) is 0 Å².